The van der Waals surface area contributed by atoms with E-state index in [4.69, 9.17) is 14.2 Å². The number of anilines is 2. The van der Waals surface area contributed by atoms with Crippen molar-refractivity contribution in [2.75, 3.05) is 38.1 Å². The lowest BCUT2D eigenvalue weighted by Crippen LogP contribution is -2.26. The zero-order valence-corrected chi connectivity index (χ0v) is 20.1. The van der Waals surface area contributed by atoms with E-state index in [1.807, 2.05) is 0 Å². The number of nitrogens with zero attached hydrogens (tertiary/aromatic N) is 1. The maximum Gasteiger partial charge on any atom is 0.225 e. The number of amides is 2. The molecule has 0 saturated carbocycles. The Balaban J connectivity index is 1.75. The Kier molecular flexibility index (Phi) is 7.16. The number of ether oxygens (including phenoxy) is 3. The second kappa shape index (κ2) is 9.70. The third-order valence-electron chi connectivity index (χ3n) is 5.61. The second-order valence-electron chi connectivity index (χ2n) is 7.73. The van der Waals surface area contributed by atoms with E-state index in [-0.39, 0.29) is 17.2 Å². The van der Waals surface area contributed by atoms with E-state index in [0.29, 0.717) is 35.9 Å². The molecule has 1 aliphatic heterocycles. The van der Waals surface area contributed by atoms with Crippen molar-refractivity contribution in [3.05, 3.63) is 35.9 Å². The van der Waals surface area contributed by atoms with Crippen LogP contribution in [0.1, 0.15) is 25.8 Å². The summed E-state index contributed by atoms with van der Waals surface area (Å²) < 4.78 is 42.0. The predicted octanol–water partition coefficient (Wildman–Crippen LogP) is 2.81. The smallest absolute Gasteiger partial charge is 0.225 e. The molecule has 3 rings (SSSR count). The zero-order chi connectivity index (χ0) is 24.3. The number of carbonyl (C=O) groups is 2. The molecule has 1 N–H and O–H groups in total. The molecular formula is C23H28N2O7S. The summed E-state index contributed by atoms with van der Waals surface area (Å²) in [7, 11) is 0.643. The Morgan fingerprint density at radius 3 is 2.24 bits per heavy atom. The summed E-state index contributed by atoms with van der Waals surface area (Å²) in [5.74, 6) is 0.565. The lowest BCUT2D eigenvalue weighted by atomic mass is 10.2. The Morgan fingerprint density at radius 2 is 1.70 bits per heavy atom. The van der Waals surface area contributed by atoms with Crippen molar-refractivity contribution < 1.29 is 32.2 Å². The van der Waals surface area contributed by atoms with Crippen LogP contribution in [0.4, 0.5) is 11.4 Å². The summed E-state index contributed by atoms with van der Waals surface area (Å²) in [5.41, 5.74) is 1.93. The summed E-state index contributed by atoms with van der Waals surface area (Å²) in [4.78, 5) is 26.1. The molecule has 33 heavy (non-hydrogen) atoms. The van der Waals surface area contributed by atoms with Crippen LogP contribution in [-0.2, 0) is 25.8 Å². The van der Waals surface area contributed by atoms with Gasteiger partial charge in [-0.2, -0.15) is 0 Å². The molecule has 0 radical (unpaired) electrons. The Labute approximate surface area is 193 Å². The number of carbonyl (C=O) groups excluding carboxylic acids is 2. The van der Waals surface area contributed by atoms with Gasteiger partial charge in [0.25, 0.3) is 0 Å². The number of hydrogen-bond donors (Lipinski definition) is 1. The molecule has 0 saturated heterocycles. The highest BCUT2D eigenvalue weighted by molar-refractivity contribution is 7.92. The average Bonchev–Trinajstić information content (AvgIpc) is 3.21. The zero-order valence-electron chi connectivity index (χ0n) is 19.3. The van der Waals surface area contributed by atoms with E-state index in [0.717, 1.165) is 11.3 Å². The normalized spacial score (nSPS) is 13.8. The highest BCUT2D eigenvalue weighted by Crippen LogP contribution is 2.40. The predicted molar refractivity (Wildman–Crippen MR) is 124 cm³/mol. The number of rotatable bonds is 8. The van der Waals surface area contributed by atoms with Crippen molar-refractivity contribution in [1.82, 2.24) is 0 Å². The summed E-state index contributed by atoms with van der Waals surface area (Å²) in [6, 6.07) is 7.88. The third-order valence-corrected chi connectivity index (χ3v) is 7.74. The number of benzene rings is 2. The van der Waals surface area contributed by atoms with E-state index in [1.165, 1.54) is 41.2 Å². The molecule has 2 amide bonds. The highest BCUT2D eigenvalue weighted by atomic mass is 32.2. The van der Waals surface area contributed by atoms with Gasteiger partial charge in [-0.15, -0.1) is 0 Å². The average molecular weight is 477 g/mol. The molecule has 0 aromatic heterocycles. The molecule has 10 heteroatoms. The fourth-order valence-electron chi connectivity index (χ4n) is 3.85. The summed E-state index contributed by atoms with van der Waals surface area (Å²) >= 11 is 0. The topological polar surface area (TPSA) is 111 Å². The van der Waals surface area contributed by atoms with Gasteiger partial charge in [-0.05, 0) is 37.1 Å². The largest absolute Gasteiger partial charge is 0.493 e. The fraction of sp³-hybridized carbons (Fsp3) is 0.391. The molecule has 0 spiro atoms. The molecule has 9 nitrogen and oxygen atoms in total. The van der Waals surface area contributed by atoms with Crippen LogP contribution in [0.5, 0.6) is 17.2 Å². The van der Waals surface area contributed by atoms with Crippen molar-refractivity contribution in [1.29, 1.82) is 0 Å². The summed E-state index contributed by atoms with van der Waals surface area (Å²) in [6.45, 7) is 3.51. The van der Waals surface area contributed by atoms with Crippen molar-refractivity contribution in [3.8, 4) is 17.2 Å². The van der Waals surface area contributed by atoms with Crippen molar-refractivity contribution in [3.63, 3.8) is 0 Å². The molecule has 178 valence electrons. The molecule has 0 bridgehead atoms. The minimum Gasteiger partial charge on any atom is -0.493 e. The van der Waals surface area contributed by atoms with Gasteiger partial charge in [0.15, 0.2) is 21.3 Å². The van der Waals surface area contributed by atoms with Crippen molar-refractivity contribution in [2.45, 2.75) is 36.8 Å². The summed E-state index contributed by atoms with van der Waals surface area (Å²) in [5, 5.41) is 1.74. The number of fused-ring (bicyclic) bond motifs is 1. The maximum atomic E-state index is 13.1. The molecular weight excluding hydrogens is 448 g/mol. The first-order valence-electron chi connectivity index (χ1n) is 10.4. The van der Waals surface area contributed by atoms with E-state index in [2.05, 4.69) is 5.32 Å². The van der Waals surface area contributed by atoms with Crippen LogP contribution >= 0.6 is 0 Å². The van der Waals surface area contributed by atoms with Crippen molar-refractivity contribution in [2.24, 2.45) is 0 Å². The fourth-order valence-corrected chi connectivity index (χ4v) is 5.25. The van der Waals surface area contributed by atoms with Gasteiger partial charge in [0.2, 0.25) is 17.6 Å². The van der Waals surface area contributed by atoms with E-state index >= 15 is 0 Å². The van der Waals surface area contributed by atoms with Crippen LogP contribution in [-0.4, -0.2) is 53.4 Å². The lowest BCUT2D eigenvalue weighted by molar-refractivity contribution is -0.117. The number of nitrogens with one attached hydrogen (secondary N) is 1. The Hall–Kier alpha value is -3.27. The van der Waals surface area contributed by atoms with Gasteiger partial charge in [-0.1, -0.05) is 0 Å². The highest BCUT2D eigenvalue weighted by Gasteiger charge is 2.29. The van der Waals surface area contributed by atoms with Crippen molar-refractivity contribution >= 4 is 33.0 Å². The van der Waals surface area contributed by atoms with Crippen LogP contribution in [0.3, 0.4) is 0 Å². The van der Waals surface area contributed by atoms with Crippen LogP contribution < -0.4 is 24.4 Å². The van der Waals surface area contributed by atoms with E-state index in [9.17, 15) is 18.0 Å². The van der Waals surface area contributed by atoms with Crippen LogP contribution in [0.25, 0.3) is 0 Å². The molecule has 0 unspecified atom stereocenters. The Bertz CT molecular complexity index is 1150. The van der Waals surface area contributed by atoms with Crippen LogP contribution in [0.2, 0.25) is 0 Å². The lowest BCUT2D eigenvalue weighted by Gasteiger charge is -2.17. The Morgan fingerprint density at radius 1 is 1.06 bits per heavy atom. The van der Waals surface area contributed by atoms with Gasteiger partial charge >= 0.3 is 0 Å². The van der Waals surface area contributed by atoms with E-state index in [1.54, 1.807) is 29.2 Å². The van der Waals surface area contributed by atoms with Gasteiger partial charge in [0, 0.05) is 43.4 Å². The molecule has 1 heterocycles. The molecule has 2 aromatic rings. The molecule has 0 fully saturated rings. The van der Waals surface area contributed by atoms with Gasteiger partial charge in [-0.3, -0.25) is 9.59 Å². The van der Waals surface area contributed by atoms with Gasteiger partial charge in [-0.25, -0.2) is 8.42 Å². The monoisotopic (exact) mass is 476 g/mol. The SMILES string of the molecule is COc1cc(NC(=O)C[C@@H](C)S(=O)(=O)c2ccc3c(c2)CCN3C(C)=O)cc(OC)c1OC. The third kappa shape index (κ3) is 4.90. The summed E-state index contributed by atoms with van der Waals surface area (Å²) in [6.07, 6.45) is 0.351. The number of sulfone groups is 1. The molecule has 0 aliphatic carbocycles. The van der Waals surface area contributed by atoms with Gasteiger partial charge in [0.1, 0.15) is 0 Å². The second-order valence-corrected chi connectivity index (χ2v) is 10.1. The van der Waals surface area contributed by atoms with Crippen LogP contribution in [0, 0.1) is 0 Å². The number of methoxy groups -OCH3 is 3. The van der Waals surface area contributed by atoms with Gasteiger partial charge in [0.05, 0.1) is 31.5 Å². The first kappa shape index (κ1) is 24.4. The van der Waals surface area contributed by atoms with Crippen LogP contribution in [0.15, 0.2) is 35.2 Å². The maximum absolute atomic E-state index is 13.1. The van der Waals surface area contributed by atoms with E-state index < -0.39 is 21.0 Å². The molecule has 1 aliphatic rings. The standard InChI is InChI=1S/C23H28N2O7S/c1-14(10-22(27)24-17-12-20(30-3)23(32-5)21(13-17)31-4)33(28,29)18-6-7-19-16(11-18)8-9-25(19)15(2)26/h6-7,11-14H,8-10H2,1-5H3,(H,24,27)/t14-/m1/s1. The van der Waals surface area contributed by atoms with Gasteiger partial charge < -0.3 is 24.4 Å². The minimum atomic E-state index is -3.76. The number of hydrogen-bond acceptors (Lipinski definition) is 7. The molecule has 1 atom stereocenters. The first-order chi connectivity index (χ1) is 15.6. The quantitative estimate of drug-likeness (QED) is 0.624. The molecule has 2 aromatic carbocycles. The minimum absolute atomic E-state index is 0.0822. The first-order valence-corrected chi connectivity index (χ1v) is 11.9.